The van der Waals surface area contributed by atoms with Crippen molar-refractivity contribution in [3.05, 3.63) is 42.0 Å². The van der Waals surface area contributed by atoms with E-state index in [9.17, 15) is 8.42 Å². The van der Waals surface area contributed by atoms with Crippen LogP contribution in [0.4, 0.5) is 5.69 Å². The van der Waals surface area contributed by atoms with Crippen molar-refractivity contribution >= 4 is 15.7 Å². The first-order valence-electron chi connectivity index (χ1n) is 7.07. The molecule has 0 unspecified atom stereocenters. The summed E-state index contributed by atoms with van der Waals surface area (Å²) in [6, 6.07) is 9.99. The molecular formula is C16H17NO5S. The second-order valence-electron chi connectivity index (χ2n) is 5.07. The molecule has 1 heterocycles. The van der Waals surface area contributed by atoms with E-state index in [2.05, 4.69) is 4.72 Å². The number of nitrogens with one attached hydrogen (secondary N) is 1. The maximum absolute atomic E-state index is 12.7. The topological polar surface area (TPSA) is 73.9 Å². The van der Waals surface area contributed by atoms with Crippen molar-refractivity contribution in [1.82, 2.24) is 0 Å². The Labute approximate surface area is 135 Å². The van der Waals surface area contributed by atoms with E-state index in [1.165, 1.54) is 13.2 Å². The van der Waals surface area contributed by atoms with Gasteiger partial charge in [0.25, 0.3) is 10.0 Å². The van der Waals surface area contributed by atoms with Gasteiger partial charge in [0.2, 0.25) is 0 Å². The fraction of sp³-hybridized carbons (Fsp3) is 0.250. The van der Waals surface area contributed by atoms with Gasteiger partial charge in [-0.2, -0.15) is 0 Å². The number of para-hydroxylation sites is 2. The molecule has 23 heavy (non-hydrogen) atoms. The first-order valence-corrected chi connectivity index (χ1v) is 8.55. The number of ether oxygens (including phenoxy) is 3. The van der Waals surface area contributed by atoms with Crippen LogP contribution in [0.15, 0.2) is 41.3 Å². The zero-order valence-corrected chi connectivity index (χ0v) is 13.6. The number of methoxy groups -OCH3 is 1. The molecule has 0 bridgehead atoms. The number of benzene rings is 2. The summed E-state index contributed by atoms with van der Waals surface area (Å²) < 4.78 is 44.1. The lowest BCUT2D eigenvalue weighted by atomic mass is 10.2. The Morgan fingerprint density at radius 3 is 2.43 bits per heavy atom. The summed E-state index contributed by atoms with van der Waals surface area (Å²) >= 11 is 0. The third-order valence-corrected chi connectivity index (χ3v) is 4.99. The Bertz CT molecular complexity index is 832. The molecule has 2 aromatic carbocycles. The summed E-state index contributed by atoms with van der Waals surface area (Å²) in [5, 5.41) is 0. The lowest BCUT2D eigenvalue weighted by Crippen LogP contribution is -2.18. The minimum absolute atomic E-state index is 0.146. The van der Waals surface area contributed by atoms with Crippen molar-refractivity contribution in [1.29, 1.82) is 0 Å². The van der Waals surface area contributed by atoms with E-state index in [4.69, 9.17) is 14.2 Å². The zero-order valence-electron chi connectivity index (χ0n) is 12.8. The monoisotopic (exact) mass is 335 g/mol. The van der Waals surface area contributed by atoms with Crippen LogP contribution in [-0.2, 0) is 10.0 Å². The molecule has 3 rings (SSSR count). The maximum atomic E-state index is 12.7. The number of sulfonamides is 1. The summed E-state index contributed by atoms with van der Waals surface area (Å²) in [4.78, 5) is 0.146. The molecule has 0 fully saturated rings. The van der Waals surface area contributed by atoms with Gasteiger partial charge in [-0.05, 0) is 30.7 Å². The lowest BCUT2D eigenvalue weighted by molar-refractivity contribution is 0.171. The Kier molecular flexibility index (Phi) is 4.04. The molecule has 1 aliphatic rings. The third kappa shape index (κ3) is 3.05. The minimum atomic E-state index is -3.78. The summed E-state index contributed by atoms with van der Waals surface area (Å²) in [5.41, 5.74) is 0.959. The summed E-state index contributed by atoms with van der Waals surface area (Å²) in [7, 11) is -2.29. The molecule has 0 amide bonds. The van der Waals surface area contributed by atoms with Gasteiger partial charge in [0.1, 0.15) is 19.0 Å². The van der Waals surface area contributed by atoms with Crippen molar-refractivity contribution in [2.24, 2.45) is 0 Å². The molecule has 6 nitrogen and oxygen atoms in total. The molecule has 0 saturated carbocycles. The lowest BCUT2D eigenvalue weighted by Gasteiger charge is -2.20. The van der Waals surface area contributed by atoms with Crippen LogP contribution in [0.3, 0.4) is 0 Å². The van der Waals surface area contributed by atoms with Crippen LogP contribution >= 0.6 is 0 Å². The highest BCUT2D eigenvalue weighted by atomic mass is 32.2. The van der Waals surface area contributed by atoms with Crippen LogP contribution in [-0.4, -0.2) is 28.7 Å². The molecule has 0 aliphatic carbocycles. The fourth-order valence-corrected chi connectivity index (χ4v) is 3.70. The fourth-order valence-electron chi connectivity index (χ4n) is 2.39. The first-order chi connectivity index (χ1) is 11.0. The Morgan fingerprint density at radius 1 is 1.09 bits per heavy atom. The first kappa shape index (κ1) is 15.5. The SMILES string of the molecule is COc1ccccc1NS(=O)(=O)c1cc2c(cc1C)OCCO2. The summed E-state index contributed by atoms with van der Waals surface area (Å²) in [6.07, 6.45) is 0. The van der Waals surface area contributed by atoms with Gasteiger partial charge in [0.15, 0.2) is 11.5 Å². The Balaban J connectivity index is 2.00. The highest BCUT2D eigenvalue weighted by Gasteiger charge is 2.23. The quantitative estimate of drug-likeness (QED) is 0.929. The van der Waals surface area contributed by atoms with Crippen molar-refractivity contribution < 1.29 is 22.6 Å². The van der Waals surface area contributed by atoms with Gasteiger partial charge in [-0.25, -0.2) is 8.42 Å². The number of aryl methyl sites for hydroxylation is 1. The third-order valence-electron chi connectivity index (χ3n) is 3.48. The standard InChI is InChI=1S/C16H17NO5S/c1-11-9-14-15(22-8-7-21-14)10-16(11)23(18,19)17-12-5-3-4-6-13(12)20-2/h3-6,9-10,17H,7-8H2,1-2H3. The van der Waals surface area contributed by atoms with E-state index < -0.39 is 10.0 Å². The summed E-state index contributed by atoms with van der Waals surface area (Å²) in [6.45, 7) is 2.57. The van der Waals surface area contributed by atoms with Crippen LogP contribution in [0.5, 0.6) is 17.2 Å². The van der Waals surface area contributed by atoms with E-state index in [1.807, 2.05) is 0 Å². The number of anilines is 1. The minimum Gasteiger partial charge on any atom is -0.495 e. The molecule has 0 spiro atoms. The Morgan fingerprint density at radius 2 is 1.74 bits per heavy atom. The van der Waals surface area contributed by atoms with Crippen LogP contribution < -0.4 is 18.9 Å². The maximum Gasteiger partial charge on any atom is 0.262 e. The second-order valence-corrected chi connectivity index (χ2v) is 6.72. The molecule has 1 aliphatic heterocycles. The van der Waals surface area contributed by atoms with Gasteiger partial charge in [-0.1, -0.05) is 12.1 Å². The molecule has 2 aromatic rings. The molecule has 7 heteroatoms. The molecular weight excluding hydrogens is 318 g/mol. The summed E-state index contributed by atoms with van der Waals surface area (Å²) in [5.74, 6) is 1.44. The normalized spacial score (nSPS) is 13.5. The van der Waals surface area contributed by atoms with Gasteiger partial charge in [-0.3, -0.25) is 4.72 Å². The smallest absolute Gasteiger partial charge is 0.262 e. The molecule has 0 aromatic heterocycles. The average molecular weight is 335 g/mol. The van der Waals surface area contributed by atoms with E-state index >= 15 is 0 Å². The van der Waals surface area contributed by atoms with Crippen molar-refractivity contribution in [3.8, 4) is 17.2 Å². The highest BCUT2D eigenvalue weighted by molar-refractivity contribution is 7.92. The molecule has 1 N–H and O–H groups in total. The number of rotatable bonds is 4. The second kappa shape index (κ2) is 6.00. The number of hydrogen-bond acceptors (Lipinski definition) is 5. The van der Waals surface area contributed by atoms with Gasteiger partial charge < -0.3 is 14.2 Å². The van der Waals surface area contributed by atoms with Crippen molar-refractivity contribution in [2.75, 3.05) is 25.0 Å². The molecule has 122 valence electrons. The van der Waals surface area contributed by atoms with E-state index in [-0.39, 0.29) is 4.90 Å². The van der Waals surface area contributed by atoms with E-state index in [1.54, 1.807) is 37.3 Å². The van der Waals surface area contributed by atoms with Gasteiger partial charge in [0.05, 0.1) is 17.7 Å². The van der Waals surface area contributed by atoms with Crippen LogP contribution in [0.25, 0.3) is 0 Å². The molecule has 0 atom stereocenters. The Hall–Kier alpha value is -2.41. The zero-order chi connectivity index (χ0) is 16.4. The van der Waals surface area contributed by atoms with Gasteiger partial charge in [0, 0.05) is 6.07 Å². The average Bonchev–Trinajstić information content (AvgIpc) is 2.54. The van der Waals surface area contributed by atoms with Crippen molar-refractivity contribution in [3.63, 3.8) is 0 Å². The number of fused-ring (bicyclic) bond motifs is 1. The number of hydrogen-bond donors (Lipinski definition) is 1. The van der Waals surface area contributed by atoms with E-state index in [0.717, 1.165) is 0 Å². The van der Waals surface area contributed by atoms with Crippen molar-refractivity contribution in [2.45, 2.75) is 11.8 Å². The van der Waals surface area contributed by atoms with Gasteiger partial charge in [-0.15, -0.1) is 0 Å². The predicted octanol–water partition coefficient (Wildman–Crippen LogP) is 2.58. The predicted molar refractivity (Wildman–Crippen MR) is 86.0 cm³/mol. The van der Waals surface area contributed by atoms with Gasteiger partial charge >= 0.3 is 0 Å². The largest absolute Gasteiger partial charge is 0.495 e. The highest BCUT2D eigenvalue weighted by Crippen LogP contribution is 2.36. The molecule has 0 saturated heterocycles. The van der Waals surface area contributed by atoms with Crippen LogP contribution in [0.1, 0.15) is 5.56 Å². The van der Waals surface area contributed by atoms with E-state index in [0.29, 0.717) is 41.7 Å². The molecule has 0 radical (unpaired) electrons. The van der Waals surface area contributed by atoms with Crippen LogP contribution in [0.2, 0.25) is 0 Å². The van der Waals surface area contributed by atoms with Crippen LogP contribution in [0, 0.1) is 6.92 Å².